The van der Waals surface area contributed by atoms with E-state index in [9.17, 15) is 0 Å². The van der Waals surface area contributed by atoms with E-state index in [1.165, 1.54) is 0 Å². The first-order valence-electron chi connectivity index (χ1n) is 2.72. The van der Waals surface area contributed by atoms with E-state index in [2.05, 4.69) is 0 Å². The predicted octanol–water partition coefficient (Wildman–Crippen LogP) is -3.73. The number of hydrogen-bond donors (Lipinski definition) is 0. The number of aliphatic carboxylic acids is 3. The molecule has 6 nitrogen and oxygen atoms in total. The smallest absolute Gasteiger partial charge is 0.550 e. The number of carboxylic acids is 3. The van der Waals surface area contributed by atoms with Crippen LogP contribution in [0.1, 0.15) is 20.8 Å². The van der Waals surface area contributed by atoms with Crippen LogP contribution in [0.4, 0.5) is 0 Å². The molecule has 13 heavy (non-hydrogen) atoms. The number of carboxylic acid groups (broad SMARTS) is 3. The topological polar surface area (TPSA) is 120 Å². The Morgan fingerprint density at radius 1 is 0.692 bits per heavy atom. The second-order valence-corrected chi connectivity index (χ2v) is 1.47. The summed E-state index contributed by atoms with van der Waals surface area (Å²) in [5.41, 5.74) is 0. The fourth-order valence-electron chi connectivity index (χ4n) is 0. The van der Waals surface area contributed by atoms with Crippen LogP contribution in [-0.4, -0.2) is 17.9 Å². The molecule has 0 aliphatic carbocycles. The van der Waals surface area contributed by atoms with Crippen LogP contribution in [0.5, 0.6) is 0 Å². The molecular weight excluding hydrogens is 223 g/mol. The van der Waals surface area contributed by atoms with E-state index in [0.29, 0.717) is 0 Å². The van der Waals surface area contributed by atoms with Gasteiger partial charge in [-0.1, -0.05) is 0 Å². The molecular formula is C6H9MnO6. The molecule has 0 radical (unpaired) electrons. The summed E-state index contributed by atoms with van der Waals surface area (Å²) >= 11 is 0. The molecule has 0 N–H and O–H groups in total. The van der Waals surface area contributed by atoms with E-state index in [4.69, 9.17) is 29.7 Å². The predicted molar refractivity (Wildman–Crippen MR) is 32.0 cm³/mol. The van der Waals surface area contributed by atoms with E-state index in [1.807, 2.05) is 0 Å². The van der Waals surface area contributed by atoms with Crippen molar-refractivity contribution < 1.29 is 46.8 Å². The first-order valence-corrected chi connectivity index (χ1v) is 2.72. The molecule has 0 atom stereocenters. The Morgan fingerprint density at radius 2 is 0.692 bits per heavy atom. The van der Waals surface area contributed by atoms with E-state index in [-0.39, 0.29) is 17.1 Å². The molecule has 76 valence electrons. The maximum atomic E-state index is 8.89. The largest absolute Gasteiger partial charge is 3.00 e. The van der Waals surface area contributed by atoms with Gasteiger partial charge in [-0.15, -0.1) is 0 Å². The van der Waals surface area contributed by atoms with Gasteiger partial charge in [-0.3, -0.25) is 0 Å². The standard InChI is InChI=1S/3C2H4O2.Mn/c3*1-2(3)4;/h3*1H3,(H,3,4);/q;;;+3/p-3. The molecule has 0 amide bonds. The van der Waals surface area contributed by atoms with Crippen LogP contribution in [0.25, 0.3) is 0 Å². The molecule has 0 aromatic heterocycles. The van der Waals surface area contributed by atoms with Crippen molar-refractivity contribution in [1.29, 1.82) is 0 Å². The Kier molecular flexibility index (Phi) is 29.9. The fourth-order valence-corrected chi connectivity index (χ4v) is 0. The van der Waals surface area contributed by atoms with E-state index < -0.39 is 17.9 Å². The first-order chi connectivity index (χ1) is 5.20. The molecule has 0 aliphatic heterocycles. The summed E-state index contributed by atoms with van der Waals surface area (Å²) in [5.74, 6) is -3.25. The Hall–Kier alpha value is -1.07. The van der Waals surface area contributed by atoms with Gasteiger partial charge in [0.1, 0.15) is 0 Å². The van der Waals surface area contributed by atoms with Crippen molar-refractivity contribution in [2.24, 2.45) is 0 Å². The van der Waals surface area contributed by atoms with Crippen molar-refractivity contribution in [3.63, 3.8) is 0 Å². The third-order valence-electron chi connectivity index (χ3n) is 0. The SMILES string of the molecule is CC(=O)[O-].CC(=O)[O-].CC(=O)[O-].[Mn+3]. The van der Waals surface area contributed by atoms with Crippen LogP contribution < -0.4 is 15.3 Å². The Labute approximate surface area is 86.0 Å². The quantitative estimate of drug-likeness (QED) is 0.396. The number of carbonyl (C=O) groups excluding carboxylic acids is 3. The van der Waals surface area contributed by atoms with Crippen molar-refractivity contribution in [1.82, 2.24) is 0 Å². The second kappa shape index (κ2) is 17.1. The molecule has 0 saturated carbocycles. The number of carbonyl (C=O) groups is 3. The molecule has 0 aliphatic rings. The van der Waals surface area contributed by atoms with Crippen molar-refractivity contribution in [2.75, 3.05) is 0 Å². The van der Waals surface area contributed by atoms with Gasteiger partial charge in [0.15, 0.2) is 0 Å². The zero-order valence-corrected chi connectivity index (χ0v) is 8.51. The molecule has 0 spiro atoms. The van der Waals surface area contributed by atoms with E-state index in [1.54, 1.807) is 0 Å². The summed E-state index contributed by atoms with van der Waals surface area (Å²) in [6.45, 7) is 2.92. The maximum Gasteiger partial charge on any atom is 3.00 e. The number of rotatable bonds is 0. The average Bonchev–Trinajstić information content (AvgIpc) is 1.54. The third kappa shape index (κ3) is 760. The summed E-state index contributed by atoms with van der Waals surface area (Å²) < 4.78 is 0. The molecule has 0 saturated heterocycles. The number of hydrogen-bond acceptors (Lipinski definition) is 6. The summed E-state index contributed by atoms with van der Waals surface area (Å²) in [6.07, 6.45) is 0. The average molecular weight is 232 g/mol. The van der Waals surface area contributed by atoms with Crippen LogP contribution in [0.2, 0.25) is 0 Å². The minimum atomic E-state index is -1.08. The fraction of sp³-hybridized carbons (Fsp3) is 0.500. The first kappa shape index (κ1) is 22.7. The summed E-state index contributed by atoms with van der Waals surface area (Å²) in [6, 6.07) is 0. The van der Waals surface area contributed by atoms with Gasteiger partial charge >= 0.3 is 17.1 Å². The van der Waals surface area contributed by atoms with Gasteiger partial charge in [-0.2, -0.15) is 0 Å². The van der Waals surface area contributed by atoms with Crippen LogP contribution in [0.15, 0.2) is 0 Å². The summed E-state index contributed by atoms with van der Waals surface area (Å²) in [4.78, 5) is 26.7. The van der Waals surface area contributed by atoms with E-state index >= 15 is 0 Å². The summed E-state index contributed by atoms with van der Waals surface area (Å²) in [7, 11) is 0. The third-order valence-corrected chi connectivity index (χ3v) is 0. The normalized spacial score (nSPS) is 5.77. The van der Waals surface area contributed by atoms with Gasteiger partial charge in [0.25, 0.3) is 0 Å². The van der Waals surface area contributed by atoms with Gasteiger partial charge in [-0.25, -0.2) is 0 Å². The van der Waals surface area contributed by atoms with Crippen molar-refractivity contribution in [3.8, 4) is 0 Å². The molecule has 7 heteroatoms. The van der Waals surface area contributed by atoms with Crippen LogP contribution >= 0.6 is 0 Å². The molecule has 0 fully saturated rings. The second-order valence-electron chi connectivity index (χ2n) is 1.47. The molecule has 0 bridgehead atoms. The summed E-state index contributed by atoms with van der Waals surface area (Å²) in [5, 5.41) is 26.7. The van der Waals surface area contributed by atoms with Crippen LogP contribution in [0.3, 0.4) is 0 Å². The minimum Gasteiger partial charge on any atom is -0.550 e. The van der Waals surface area contributed by atoms with Crippen LogP contribution in [0, 0.1) is 0 Å². The molecule has 0 unspecified atom stereocenters. The monoisotopic (exact) mass is 232 g/mol. The van der Waals surface area contributed by atoms with Crippen molar-refractivity contribution in [3.05, 3.63) is 0 Å². The van der Waals surface area contributed by atoms with Gasteiger partial charge in [0.05, 0.1) is 0 Å². The molecule has 0 heterocycles. The van der Waals surface area contributed by atoms with Crippen molar-refractivity contribution >= 4 is 17.9 Å². The Bertz CT molecular complexity index is 115. The Morgan fingerprint density at radius 3 is 0.692 bits per heavy atom. The molecule has 0 aromatic carbocycles. The van der Waals surface area contributed by atoms with Gasteiger partial charge in [-0.05, 0) is 20.8 Å². The van der Waals surface area contributed by atoms with Crippen LogP contribution in [-0.2, 0) is 31.5 Å². The van der Waals surface area contributed by atoms with E-state index in [0.717, 1.165) is 20.8 Å². The molecule has 0 rings (SSSR count). The molecule has 0 aromatic rings. The van der Waals surface area contributed by atoms with Crippen molar-refractivity contribution in [2.45, 2.75) is 20.8 Å². The van der Waals surface area contributed by atoms with Gasteiger partial charge in [0, 0.05) is 17.9 Å². The zero-order chi connectivity index (χ0) is 10.7. The van der Waals surface area contributed by atoms with Gasteiger partial charge in [0.2, 0.25) is 0 Å². The van der Waals surface area contributed by atoms with Gasteiger partial charge < -0.3 is 29.7 Å². The minimum absolute atomic E-state index is 0. The maximum absolute atomic E-state index is 8.89. The Balaban J connectivity index is -0.0000000450. The zero-order valence-electron chi connectivity index (χ0n) is 7.33.